The summed E-state index contributed by atoms with van der Waals surface area (Å²) in [5.74, 6) is -0.487. The molecule has 0 spiro atoms. The van der Waals surface area contributed by atoms with Crippen LogP contribution in [0.1, 0.15) is 23.9 Å². The van der Waals surface area contributed by atoms with E-state index in [0.29, 0.717) is 35.3 Å². The van der Waals surface area contributed by atoms with Gasteiger partial charge in [-0.2, -0.15) is 0 Å². The molecule has 0 atom stereocenters. The Morgan fingerprint density at radius 1 is 1.20 bits per heavy atom. The molecule has 0 aliphatic carbocycles. The fourth-order valence-electron chi connectivity index (χ4n) is 1.70. The van der Waals surface area contributed by atoms with Crippen molar-refractivity contribution in [2.24, 2.45) is 0 Å². The van der Waals surface area contributed by atoms with E-state index in [4.69, 9.17) is 11.6 Å². The first-order valence-corrected chi connectivity index (χ1v) is 6.60. The van der Waals surface area contributed by atoms with E-state index in [2.05, 4.69) is 15.3 Å². The number of aryl methyl sites for hydroxylation is 1. The minimum atomic E-state index is -0.865. The Morgan fingerprint density at radius 2 is 1.95 bits per heavy atom. The fourth-order valence-corrected chi connectivity index (χ4v) is 1.89. The second-order valence-electron chi connectivity index (χ2n) is 4.36. The van der Waals surface area contributed by atoms with E-state index in [1.54, 1.807) is 6.92 Å². The molecule has 106 valence electrons. The van der Waals surface area contributed by atoms with Gasteiger partial charge in [0.05, 0.1) is 0 Å². The maximum absolute atomic E-state index is 13.1. The first-order valence-electron chi connectivity index (χ1n) is 6.22. The van der Waals surface area contributed by atoms with Crippen molar-refractivity contribution < 1.29 is 8.78 Å². The number of aromatic nitrogens is 2. The third kappa shape index (κ3) is 3.22. The van der Waals surface area contributed by atoms with Crippen molar-refractivity contribution in [1.82, 2.24) is 9.97 Å². The summed E-state index contributed by atoms with van der Waals surface area (Å²) < 4.78 is 26.0. The lowest BCUT2D eigenvalue weighted by atomic mass is 10.2. The second-order valence-corrected chi connectivity index (χ2v) is 4.72. The summed E-state index contributed by atoms with van der Waals surface area (Å²) in [6, 6.07) is 3.77. The highest BCUT2D eigenvalue weighted by molar-refractivity contribution is 6.30. The smallest absolute Gasteiger partial charge is 0.159 e. The summed E-state index contributed by atoms with van der Waals surface area (Å²) in [4.78, 5) is 8.47. The number of benzene rings is 1. The van der Waals surface area contributed by atoms with E-state index in [-0.39, 0.29) is 0 Å². The topological polar surface area (TPSA) is 37.8 Å². The van der Waals surface area contributed by atoms with E-state index < -0.39 is 11.6 Å². The van der Waals surface area contributed by atoms with Crippen LogP contribution in [0.2, 0.25) is 5.15 Å². The van der Waals surface area contributed by atoms with Crippen molar-refractivity contribution >= 4 is 17.4 Å². The minimum absolute atomic E-state index is 0.328. The molecule has 0 radical (unpaired) electrons. The van der Waals surface area contributed by atoms with Crippen LogP contribution >= 0.6 is 11.6 Å². The van der Waals surface area contributed by atoms with Crippen molar-refractivity contribution in [3.8, 4) is 0 Å². The zero-order chi connectivity index (χ0) is 14.7. The fraction of sp³-hybridized carbons (Fsp3) is 0.286. The van der Waals surface area contributed by atoms with Crippen LogP contribution in [0.15, 0.2) is 18.2 Å². The van der Waals surface area contributed by atoms with Gasteiger partial charge in [0.25, 0.3) is 0 Å². The third-order valence-electron chi connectivity index (χ3n) is 2.89. The number of nitrogens with one attached hydrogen (secondary N) is 1. The molecule has 0 amide bonds. The Balaban J connectivity index is 2.18. The van der Waals surface area contributed by atoms with Crippen LogP contribution in [-0.2, 0) is 13.0 Å². The van der Waals surface area contributed by atoms with E-state index in [0.717, 1.165) is 17.7 Å². The molecule has 0 fully saturated rings. The van der Waals surface area contributed by atoms with Crippen LogP contribution in [0.4, 0.5) is 14.6 Å². The molecule has 2 aromatic rings. The lowest BCUT2D eigenvalue weighted by Gasteiger charge is -2.11. The van der Waals surface area contributed by atoms with E-state index in [1.165, 1.54) is 6.07 Å². The summed E-state index contributed by atoms with van der Waals surface area (Å²) in [6.45, 7) is 4.06. The van der Waals surface area contributed by atoms with Crippen LogP contribution in [0.3, 0.4) is 0 Å². The normalized spacial score (nSPS) is 10.7. The van der Waals surface area contributed by atoms with Gasteiger partial charge in [0.15, 0.2) is 11.6 Å². The summed E-state index contributed by atoms with van der Waals surface area (Å²) in [5, 5.41) is 3.46. The molecule has 0 saturated heterocycles. The monoisotopic (exact) mass is 297 g/mol. The third-order valence-corrected chi connectivity index (χ3v) is 3.26. The van der Waals surface area contributed by atoms with Crippen molar-refractivity contribution in [3.05, 3.63) is 51.9 Å². The molecule has 0 bridgehead atoms. The molecule has 1 aromatic carbocycles. The van der Waals surface area contributed by atoms with Crippen molar-refractivity contribution in [3.63, 3.8) is 0 Å². The quantitative estimate of drug-likeness (QED) is 0.870. The van der Waals surface area contributed by atoms with E-state index >= 15 is 0 Å². The molecule has 3 nitrogen and oxygen atoms in total. The molecular formula is C14H14ClF2N3. The molecule has 2 rings (SSSR count). The molecule has 1 N–H and O–H groups in total. The second kappa shape index (κ2) is 6.13. The van der Waals surface area contributed by atoms with Gasteiger partial charge in [0, 0.05) is 18.5 Å². The predicted molar refractivity (Wildman–Crippen MR) is 74.8 cm³/mol. The van der Waals surface area contributed by atoms with Gasteiger partial charge in [0.2, 0.25) is 0 Å². The largest absolute Gasteiger partial charge is 0.366 e. The Morgan fingerprint density at radius 3 is 2.60 bits per heavy atom. The molecule has 1 heterocycles. The zero-order valence-electron chi connectivity index (χ0n) is 11.2. The van der Waals surface area contributed by atoms with Gasteiger partial charge in [0.1, 0.15) is 16.8 Å². The highest BCUT2D eigenvalue weighted by atomic mass is 35.5. The van der Waals surface area contributed by atoms with Crippen LogP contribution in [0.25, 0.3) is 0 Å². The Hall–Kier alpha value is -1.75. The van der Waals surface area contributed by atoms with Crippen molar-refractivity contribution in [2.45, 2.75) is 26.8 Å². The predicted octanol–water partition coefficient (Wildman–Crippen LogP) is 3.89. The van der Waals surface area contributed by atoms with Gasteiger partial charge in [-0.25, -0.2) is 18.7 Å². The lowest BCUT2D eigenvalue weighted by Crippen LogP contribution is -2.07. The van der Waals surface area contributed by atoms with E-state index in [9.17, 15) is 8.78 Å². The van der Waals surface area contributed by atoms with Gasteiger partial charge in [-0.05, 0) is 24.6 Å². The van der Waals surface area contributed by atoms with E-state index in [1.807, 2.05) is 6.92 Å². The maximum atomic E-state index is 13.1. The first kappa shape index (κ1) is 14.7. The average molecular weight is 298 g/mol. The molecule has 20 heavy (non-hydrogen) atoms. The van der Waals surface area contributed by atoms with Gasteiger partial charge in [-0.3, -0.25) is 0 Å². The van der Waals surface area contributed by atoms with Crippen LogP contribution < -0.4 is 5.32 Å². The molecule has 0 saturated carbocycles. The molecule has 0 unspecified atom stereocenters. The minimum Gasteiger partial charge on any atom is -0.366 e. The highest BCUT2D eigenvalue weighted by Gasteiger charge is 2.09. The highest BCUT2D eigenvalue weighted by Crippen LogP contribution is 2.21. The lowest BCUT2D eigenvalue weighted by molar-refractivity contribution is 0.507. The number of halogens is 3. The average Bonchev–Trinajstić information content (AvgIpc) is 2.44. The Labute approximate surface area is 121 Å². The summed E-state index contributed by atoms with van der Waals surface area (Å²) in [7, 11) is 0. The molecule has 1 aromatic heterocycles. The molecule has 6 heteroatoms. The Kier molecular flexibility index (Phi) is 4.49. The molecule has 0 aliphatic heterocycles. The summed E-state index contributed by atoms with van der Waals surface area (Å²) in [5.41, 5.74) is 1.35. The summed E-state index contributed by atoms with van der Waals surface area (Å²) in [6.07, 6.45) is 0.667. The number of anilines is 1. The van der Waals surface area contributed by atoms with Crippen LogP contribution in [0, 0.1) is 18.6 Å². The number of hydrogen-bond donors (Lipinski definition) is 1. The molecule has 0 aliphatic rings. The van der Waals surface area contributed by atoms with Gasteiger partial charge in [-0.15, -0.1) is 0 Å². The number of nitrogens with zero attached hydrogens (tertiary/aromatic N) is 2. The Bertz CT molecular complexity index is 632. The van der Waals surface area contributed by atoms with Gasteiger partial charge < -0.3 is 5.32 Å². The number of rotatable bonds is 4. The van der Waals surface area contributed by atoms with Crippen molar-refractivity contribution in [1.29, 1.82) is 0 Å². The number of hydrogen-bond acceptors (Lipinski definition) is 3. The van der Waals surface area contributed by atoms with Gasteiger partial charge >= 0.3 is 0 Å². The van der Waals surface area contributed by atoms with Crippen molar-refractivity contribution in [2.75, 3.05) is 5.32 Å². The first-order chi connectivity index (χ1) is 9.51. The zero-order valence-corrected chi connectivity index (χ0v) is 11.9. The van der Waals surface area contributed by atoms with Crippen LogP contribution in [-0.4, -0.2) is 9.97 Å². The SMILES string of the molecule is CCc1nc(Cl)c(C)c(NCc2ccc(F)c(F)c2)n1. The standard InChI is InChI=1S/C14H14ClF2N3/c1-3-12-19-13(15)8(2)14(20-12)18-7-9-4-5-10(16)11(17)6-9/h4-6H,3,7H2,1-2H3,(H,18,19,20). The summed E-state index contributed by atoms with van der Waals surface area (Å²) >= 11 is 6.02. The maximum Gasteiger partial charge on any atom is 0.159 e. The molecular weight excluding hydrogens is 284 g/mol. The van der Waals surface area contributed by atoms with Crippen LogP contribution in [0.5, 0.6) is 0 Å². The van der Waals surface area contributed by atoms with Gasteiger partial charge in [-0.1, -0.05) is 24.6 Å².